The molecule has 1 aromatic carbocycles. The molecule has 2 aromatic rings. The predicted octanol–water partition coefficient (Wildman–Crippen LogP) is 4.57. The van der Waals surface area contributed by atoms with Crippen LogP contribution in [0.15, 0.2) is 22.6 Å². The number of hydrogen-bond acceptors (Lipinski definition) is 4. The summed E-state index contributed by atoms with van der Waals surface area (Å²) in [5.41, 5.74) is 1.31. The number of aromatic nitrogens is 2. The van der Waals surface area contributed by atoms with Gasteiger partial charge in [0.05, 0.1) is 10.6 Å². The molecule has 0 saturated heterocycles. The number of halogens is 1. The molecule has 1 aliphatic carbocycles. The van der Waals surface area contributed by atoms with Crippen molar-refractivity contribution in [2.45, 2.75) is 32.1 Å². The van der Waals surface area contributed by atoms with E-state index in [1.165, 1.54) is 6.42 Å². The topological polar surface area (TPSA) is 70.9 Å². The number of aromatic amines is 1. The van der Waals surface area contributed by atoms with E-state index in [0.717, 1.165) is 25.7 Å². The van der Waals surface area contributed by atoms with Gasteiger partial charge in [0.2, 0.25) is 11.8 Å². The van der Waals surface area contributed by atoms with Gasteiger partial charge in [-0.1, -0.05) is 30.9 Å². The zero-order chi connectivity index (χ0) is 15.5. The highest BCUT2D eigenvalue weighted by molar-refractivity contribution is 7.71. The second kappa shape index (κ2) is 6.62. The molecule has 1 fully saturated rings. The first-order valence-electron chi connectivity index (χ1n) is 7.30. The van der Waals surface area contributed by atoms with E-state index in [1.54, 1.807) is 18.2 Å². The molecule has 2 N–H and O–H groups in total. The van der Waals surface area contributed by atoms with Gasteiger partial charge in [0.25, 0.3) is 4.84 Å². The van der Waals surface area contributed by atoms with Crippen LogP contribution in [0.25, 0.3) is 11.5 Å². The molecule has 1 saturated carbocycles. The summed E-state index contributed by atoms with van der Waals surface area (Å²) in [5, 5.41) is 9.88. The second-order valence-electron chi connectivity index (χ2n) is 5.44. The molecule has 5 nitrogen and oxygen atoms in total. The summed E-state index contributed by atoms with van der Waals surface area (Å²) in [6.07, 6.45) is 5.41. The lowest BCUT2D eigenvalue weighted by Crippen LogP contribution is -2.24. The van der Waals surface area contributed by atoms with Gasteiger partial charge in [0, 0.05) is 11.6 Å². The minimum atomic E-state index is 0.0702. The van der Waals surface area contributed by atoms with E-state index in [0.29, 0.717) is 22.2 Å². The Balaban J connectivity index is 1.74. The molecule has 7 heteroatoms. The minimum absolute atomic E-state index is 0.0702. The van der Waals surface area contributed by atoms with Gasteiger partial charge < -0.3 is 9.73 Å². The molecule has 0 unspecified atom stereocenters. The quantitative estimate of drug-likeness (QED) is 0.805. The highest BCUT2D eigenvalue weighted by Gasteiger charge is 2.21. The van der Waals surface area contributed by atoms with Crippen LogP contribution in [0, 0.1) is 10.8 Å². The smallest absolute Gasteiger partial charge is 0.284 e. The van der Waals surface area contributed by atoms with Gasteiger partial charge in [0.1, 0.15) is 0 Å². The van der Waals surface area contributed by atoms with E-state index in [4.69, 9.17) is 28.2 Å². The zero-order valence-corrected chi connectivity index (χ0v) is 13.5. The monoisotopic (exact) mass is 337 g/mol. The minimum Gasteiger partial charge on any atom is -0.409 e. The molecule has 0 bridgehead atoms. The van der Waals surface area contributed by atoms with Crippen molar-refractivity contribution in [3.63, 3.8) is 0 Å². The third-order valence-electron chi connectivity index (χ3n) is 3.88. The molecule has 1 heterocycles. The molecule has 1 amide bonds. The van der Waals surface area contributed by atoms with Crippen molar-refractivity contribution in [1.29, 1.82) is 0 Å². The van der Waals surface area contributed by atoms with Crippen molar-refractivity contribution in [2.75, 3.05) is 5.32 Å². The van der Waals surface area contributed by atoms with E-state index in [-0.39, 0.29) is 16.7 Å². The van der Waals surface area contributed by atoms with E-state index in [2.05, 4.69) is 15.5 Å². The van der Waals surface area contributed by atoms with Crippen LogP contribution in [0.2, 0.25) is 5.02 Å². The Bertz CT molecular complexity index is 734. The maximum atomic E-state index is 12.2. The number of carbonyl (C=O) groups is 1. The number of benzene rings is 1. The molecule has 0 aliphatic heterocycles. The second-order valence-corrected chi connectivity index (χ2v) is 6.22. The van der Waals surface area contributed by atoms with Gasteiger partial charge in [-0.25, -0.2) is 5.10 Å². The Hall–Kier alpha value is -1.66. The van der Waals surface area contributed by atoms with Crippen LogP contribution in [0.5, 0.6) is 0 Å². The Kier molecular flexibility index (Phi) is 4.59. The van der Waals surface area contributed by atoms with E-state index >= 15 is 0 Å². The first kappa shape index (κ1) is 15.2. The van der Waals surface area contributed by atoms with Crippen molar-refractivity contribution in [3.8, 4) is 11.5 Å². The third-order valence-corrected chi connectivity index (χ3v) is 4.37. The molecule has 0 atom stereocenters. The Morgan fingerprint density at radius 1 is 1.36 bits per heavy atom. The molecular weight excluding hydrogens is 322 g/mol. The van der Waals surface area contributed by atoms with E-state index in [1.807, 2.05) is 0 Å². The maximum absolute atomic E-state index is 12.2. The van der Waals surface area contributed by atoms with Crippen LogP contribution < -0.4 is 5.32 Å². The van der Waals surface area contributed by atoms with E-state index < -0.39 is 0 Å². The lowest BCUT2D eigenvalue weighted by Gasteiger charge is -2.20. The van der Waals surface area contributed by atoms with Crippen LogP contribution in [0.1, 0.15) is 32.1 Å². The van der Waals surface area contributed by atoms with Crippen molar-refractivity contribution in [1.82, 2.24) is 10.2 Å². The first-order chi connectivity index (χ1) is 10.6. The molecule has 22 heavy (non-hydrogen) atoms. The summed E-state index contributed by atoms with van der Waals surface area (Å²) in [6, 6.07) is 5.24. The van der Waals surface area contributed by atoms with Gasteiger partial charge in [-0.15, -0.1) is 5.10 Å². The number of rotatable bonds is 3. The van der Waals surface area contributed by atoms with Crippen LogP contribution in [-0.4, -0.2) is 16.1 Å². The van der Waals surface area contributed by atoms with Gasteiger partial charge >= 0.3 is 0 Å². The van der Waals surface area contributed by atoms with Crippen LogP contribution in [0.4, 0.5) is 5.69 Å². The number of amides is 1. The Labute approximate surface area is 138 Å². The maximum Gasteiger partial charge on any atom is 0.284 e. The summed E-state index contributed by atoms with van der Waals surface area (Å²) in [5.74, 6) is 0.511. The molecule has 116 valence electrons. The number of nitrogens with one attached hydrogen (secondary N) is 2. The van der Waals surface area contributed by atoms with Gasteiger partial charge in [-0.3, -0.25) is 4.79 Å². The first-order valence-corrected chi connectivity index (χ1v) is 8.08. The van der Waals surface area contributed by atoms with Crippen molar-refractivity contribution < 1.29 is 9.21 Å². The fraction of sp³-hybridized carbons (Fsp3) is 0.400. The standard InChI is InChI=1S/C15H16ClN3O2S/c16-12-8-10(17-13(20)9-4-2-1-3-5-9)6-7-11(12)14-18-19-15(22)21-14/h6-9H,1-5H2,(H,17,20)(H,19,22). The molecule has 0 spiro atoms. The molecule has 0 radical (unpaired) electrons. The van der Waals surface area contributed by atoms with Crippen LogP contribution in [0.3, 0.4) is 0 Å². The molecule has 1 aromatic heterocycles. The largest absolute Gasteiger partial charge is 0.409 e. The zero-order valence-electron chi connectivity index (χ0n) is 11.9. The number of H-pyrrole nitrogens is 1. The lowest BCUT2D eigenvalue weighted by atomic mass is 9.88. The molecule has 1 aliphatic rings. The SMILES string of the molecule is O=C(Nc1ccc(-c2n[nH]c(=S)o2)c(Cl)c1)C1CCCCC1. The highest BCUT2D eigenvalue weighted by Crippen LogP contribution is 2.30. The Morgan fingerprint density at radius 2 is 2.14 bits per heavy atom. The highest BCUT2D eigenvalue weighted by atomic mass is 35.5. The van der Waals surface area contributed by atoms with Gasteiger partial charge in [-0.2, -0.15) is 0 Å². The average Bonchev–Trinajstić information content (AvgIpc) is 2.94. The number of nitrogens with zero attached hydrogens (tertiary/aromatic N) is 1. The molecular formula is C15H16ClN3O2S. The Morgan fingerprint density at radius 3 is 2.77 bits per heavy atom. The summed E-state index contributed by atoms with van der Waals surface area (Å²) in [6.45, 7) is 0. The number of hydrogen-bond donors (Lipinski definition) is 2. The summed E-state index contributed by atoms with van der Waals surface area (Å²) >= 11 is 11.1. The van der Waals surface area contributed by atoms with Gasteiger partial charge in [0.15, 0.2) is 0 Å². The summed E-state index contributed by atoms with van der Waals surface area (Å²) in [7, 11) is 0. The normalized spacial score (nSPS) is 15.7. The van der Waals surface area contributed by atoms with Crippen LogP contribution in [-0.2, 0) is 4.79 Å². The van der Waals surface area contributed by atoms with Crippen molar-refractivity contribution >= 4 is 35.4 Å². The van der Waals surface area contributed by atoms with E-state index in [9.17, 15) is 4.79 Å². The summed E-state index contributed by atoms with van der Waals surface area (Å²) < 4.78 is 5.24. The lowest BCUT2D eigenvalue weighted by molar-refractivity contribution is -0.120. The van der Waals surface area contributed by atoms with Crippen LogP contribution >= 0.6 is 23.8 Å². The molecule has 3 rings (SSSR count). The third kappa shape index (κ3) is 3.39. The van der Waals surface area contributed by atoms with Crippen molar-refractivity contribution in [3.05, 3.63) is 28.1 Å². The number of anilines is 1. The summed E-state index contributed by atoms with van der Waals surface area (Å²) in [4.78, 5) is 12.4. The fourth-order valence-corrected chi connectivity index (χ4v) is 3.11. The number of carbonyl (C=O) groups excluding carboxylic acids is 1. The fourth-order valence-electron chi connectivity index (χ4n) is 2.72. The van der Waals surface area contributed by atoms with Gasteiger partial charge in [-0.05, 0) is 43.3 Å². The predicted molar refractivity (Wildman–Crippen MR) is 87.3 cm³/mol. The average molecular weight is 338 g/mol. The van der Waals surface area contributed by atoms with Crippen molar-refractivity contribution in [2.24, 2.45) is 5.92 Å².